The quantitative estimate of drug-likeness (QED) is 0.413. The Bertz CT molecular complexity index is 1290. The minimum atomic E-state index is -0.156. The zero-order valence-corrected chi connectivity index (χ0v) is 18.0. The summed E-state index contributed by atoms with van der Waals surface area (Å²) in [6.45, 7) is 1.90. The first kappa shape index (κ1) is 20.9. The van der Waals surface area contributed by atoms with E-state index < -0.39 is 0 Å². The molecule has 0 atom stereocenters. The first-order chi connectivity index (χ1) is 15.4. The summed E-state index contributed by atoms with van der Waals surface area (Å²) in [6, 6.07) is 10.4. The van der Waals surface area contributed by atoms with E-state index in [1.54, 1.807) is 47.3 Å². The van der Waals surface area contributed by atoms with Crippen molar-refractivity contribution in [3.63, 3.8) is 0 Å². The zero-order valence-electron chi connectivity index (χ0n) is 18.0. The van der Waals surface area contributed by atoms with Gasteiger partial charge in [-0.25, -0.2) is 10.2 Å². The van der Waals surface area contributed by atoms with E-state index in [4.69, 9.17) is 14.2 Å². The fourth-order valence-corrected chi connectivity index (χ4v) is 3.44. The topological polar surface area (TPSA) is 111 Å². The van der Waals surface area contributed by atoms with Crippen LogP contribution in [0.1, 0.15) is 5.56 Å². The molecule has 2 aromatic carbocycles. The second-order valence-corrected chi connectivity index (χ2v) is 6.96. The molecule has 0 aliphatic carbocycles. The molecular weight excluding hydrogens is 414 g/mol. The van der Waals surface area contributed by atoms with Crippen molar-refractivity contribution < 1.29 is 24.3 Å². The molecular formula is C22H22N5O5+. The van der Waals surface area contributed by atoms with Crippen LogP contribution in [0.25, 0.3) is 16.7 Å². The van der Waals surface area contributed by atoms with Crippen molar-refractivity contribution in [3.8, 4) is 22.9 Å². The highest BCUT2D eigenvalue weighted by molar-refractivity contribution is 5.80. The molecule has 2 heterocycles. The van der Waals surface area contributed by atoms with Gasteiger partial charge in [0.1, 0.15) is 11.3 Å². The van der Waals surface area contributed by atoms with Crippen LogP contribution in [0.2, 0.25) is 0 Å². The molecule has 2 aromatic heterocycles. The lowest BCUT2D eigenvalue weighted by molar-refractivity contribution is -0.729. The van der Waals surface area contributed by atoms with E-state index in [0.717, 1.165) is 10.9 Å². The molecule has 10 heteroatoms. The van der Waals surface area contributed by atoms with Crippen molar-refractivity contribution in [2.24, 2.45) is 0 Å². The van der Waals surface area contributed by atoms with Crippen LogP contribution in [0.5, 0.6) is 17.2 Å². The monoisotopic (exact) mass is 436 g/mol. The van der Waals surface area contributed by atoms with Gasteiger partial charge < -0.3 is 19.5 Å². The Kier molecular flexibility index (Phi) is 5.50. The van der Waals surface area contributed by atoms with Crippen LogP contribution in [-0.4, -0.2) is 46.0 Å². The number of rotatable bonds is 7. The number of hydrogen-bond acceptors (Lipinski definition) is 7. The van der Waals surface area contributed by atoms with E-state index in [1.807, 2.05) is 13.0 Å². The average molecular weight is 436 g/mol. The highest BCUT2D eigenvalue weighted by Crippen LogP contribution is 2.40. The second kappa shape index (κ2) is 8.42. The molecule has 0 aliphatic rings. The lowest BCUT2D eigenvalue weighted by atomic mass is 10.2. The summed E-state index contributed by atoms with van der Waals surface area (Å²) in [6.07, 6.45) is 3.44. The van der Waals surface area contributed by atoms with Crippen molar-refractivity contribution >= 4 is 28.4 Å². The summed E-state index contributed by atoms with van der Waals surface area (Å²) in [4.78, 5) is 20.5. The molecule has 4 rings (SSSR count). The van der Waals surface area contributed by atoms with Crippen LogP contribution in [-0.2, 0) is 0 Å². The maximum absolute atomic E-state index is 11.7. The number of fused-ring (bicyclic) bond motifs is 1. The van der Waals surface area contributed by atoms with Gasteiger partial charge >= 0.3 is 5.69 Å². The number of nitrogens with zero attached hydrogens (tertiary/aromatic N) is 4. The number of anilines is 2. The Morgan fingerprint density at radius 3 is 2.38 bits per heavy atom. The number of aromatic nitrogens is 3. The Balaban J connectivity index is 1.78. The zero-order chi connectivity index (χ0) is 22.8. The minimum absolute atomic E-state index is 0.103. The number of methoxy groups -OCH3 is 3. The molecule has 0 unspecified atom stereocenters. The molecule has 32 heavy (non-hydrogen) atoms. The van der Waals surface area contributed by atoms with Gasteiger partial charge in [-0.15, -0.1) is 0 Å². The van der Waals surface area contributed by atoms with Gasteiger partial charge in [0.2, 0.25) is 11.7 Å². The fourth-order valence-electron chi connectivity index (χ4n) is 3.44. The van der Waals surface area contributed by atoms with Crippen molar-refractivity contribution in [2.75, 3.05) is 26.6 Å². The highest BCUT2D eigenvalue weighted by atomic mass is 16.6. The minimum Gasteiger partial charge on any atom is -0.493 e. The Labute approximate surface area is 183 Å². The molecule has 0 bridgehead atoms. The van der Waals surface area contributed by atoms with E-state index in [0.29, 0.717) is 40.2 Å². The summed E-state index contributed by atoms with van der Waals surface area (Å²) in [5.41, 5.74) is 2.72. The van der Waals surface area contributed by atoms with Crippen LogP contribution in [0, 0.1) is 11.8 Å². The molecule has 0 amide bonds. The van der Waals surface area contributed by atoms with Crippen LogP contribution in [0.15, 0.2) is 48.8 Å². The fraction of sp³-hybridized carbons (Fsp3) is 0.182. The van der Waals surface area contributed by atoms with E-state index in [-0.39, 0.29) is 10.6 Å². The van der Waals surface area contributed by atoms with Gasteiger partial charge in [0, 0.05) is 41.7 Å². The van der Waals surface area contributed by atoms with Crippen molar-refractivity contribution in [3.05, 3.63) is 59.3 Å². The first-order valence-corrected chi connectivity index (χ1v) is 9.63. The van der Waals surface area contributed by atoms with Gasteiger partial charge in [0.15, 0.2) is 11.5 Å². The molecule has 164 valence electrons. The molecule has 0 fully saturated rings. The van der Waals surface area contributed by atoms with E-state index in [9.17, 15) is 10.1 Å². The molecule has 4 aromatic rings. The average Bonchev–Trinajstić information content (AvgIpc) is 3.21. The van der Waals surface area contributed by atoms with Gasteiger partial charge in [-0.05, 0) is 24.6 Å². The van der Waals surface area contributed by atoms with Crippen LogP contribution in [0.4, 0.5) is 17.3 Å². The van der Waals surface area contributed by atoms with Crippen molar-refractivity contribution in [2.45, 2.75) is 6.92 Å². The van der Waals surface area contributed by atoms with Crippen LogP contribution < -0.4 is 19.5 Å². The van der Waals surface area contributed by atoms with E-state index in [1.165, 1.54) is 21.3 Å². The third-order valence-electron chi connectivity index (χ3n) is 4.94. The van der Waals surface area contributed by atoms with Gasteiger partial charge in [-0.3, -0.25) is 4.57 Å². The number of ether oxygens (including phenoxy) is 3. The normalized spacial score (nSPS) is 10.8. The van der Waals surface area contributed by atoms with E-state index in [2.05, 4.69) is 15.3 Å². The summed E-state index contributed by atoms with van der Waals surface area (Å²) >= 11 is 0. The summed E-state index contributed by atoms with van der Waals surface area (Å²) < 4.78 is 17.9. The molecule has 2 N–H and O–H groups in total. The smallest absolute Gasteiger partial charge is 0.340 e. The molecule has 0 saturated carbocycles. The van der Waals surface area contributed by atoms with Gasteiger partial charge in [0.05, 0.1) is 26.2 Å². The summed E-state index contributed by atoms with van der Waals surface area (Å²) in [5, 5.41) is 13.5. The molecule has 0 aliphatic heterocycles. The number of nitrogens with one attached hydrogen (secondary N) is 1. The van der Waals surface area contributed by atoms with E-state index >= 15 is 0 Å². The lowest BCUT2D eigenvalue weighted by Gasteiger charge is -2.14. The Morgan fingerprint density at radius 1 is 1.03 bits per heavy atom. The van der Waals surface area contributed by atoms with Crippen LogP contribution >= 0.6 is 0 Å². The number of benzene rings is 2. The lowest BCUT2D eigenvalue weighted by Crippen LogP contribution is -2.04. The second-order valence-electron chi connectivity index (χ2n) is 6.96. The Morgan fingerprint density at radius 2 is 1.75 bits per heavy atom. The number of hydrogen-bond donors (Lipinski definition) is 2. The standard InChI is InChI=1S/C22H22N5O5/c1-13-5-6-16(27(28)29)17(9-13)26-8-7-14-12-23-22(25-21(14)26)24-15-10-18(30-2)20(32-4)19(11-15)31-3/h5-12H,1-4H3,(H,28,29)(H,23,24,25)/q+1. The summed E-state index contributed by atoms with van der Waals surface area (Å²) in [5.74, 6) is 1.77. The predicted molar refractivity (Wildman–Crippen MR) is 118 cm³/mol. The largest absolute Gasteiger partial charge is 0.493 e. The molecule has 0 radical (unpaired) electrons. The maximum atomic E-state index is 11.7. The van der Waals surface area contributed by atoms with Gasteiger partial charge in [-0.1, -0.05) is 6.07 Å². The Hall–Kier alpha value is -4.34. The molecule has 0 saturated heterocycles. The summed E-state index contributed by atoms with van der Waals surface area (Å²) in [7, 11) is 4.61. The predicted octanol–water partition coefficient (Wildman–Crippen LogP) is 4.30. The highest BCUT2D eigenvalue weighted by Gasteiger charge is 2.22. The first-order valence-electron chi connectivity index (χ1n) is 9.63. The number of aryl methyl sites for hydroxylation is 1. The third kappa shape index (κ3) is 3.73. The van der Waals surface area contributed by atoms with Crippen LogP contribution in [0.3, 0.4) is 0 Å². The third-order valence-corrected chi connectivity index (χ3v) is 4.94. The SMILES string of the molecule is COc1cc(Nc2ncc3ccn(-c4cc(C)ccc4[N+](=O)O)c3n2)cc(OC)c1OC. The molecule has 10 nitrogen and oxygen atoms in total. The van der Waals surface area contributed by atoms with Gasteiger partial charge in [-0.2, -0.15) is 4.98 Å². The van der Waals surface area contributed by atoms with Crippen molar-refractivity contribution in [1.82, 2.24) is 14.5 Å². The molecule has 0 spiro atoms. The van der Waals surface area contributed by atoms with Crippen molar-refractivity contribution in [1.29, 1.82) is 0 Å². The maximum Gasteiger partial charge on any atom is 0.340 e. The van der Waals surface area contributed by atoms with Gasteiger partial charge in [0.25, 0.3) is 4.92 Å².